The van der Waals surface area contributed by atoms with Crippen molar-refractivity contribution in [2.24, 2.45) is 0 Å². The lowest BCUT2D eigenvalue weighted by Gasteiger charge is -2.13. The monoisotopic (exact) mass is 336 g/mol. The van der Waals surface area contributed by atoms with E-state index in [0.29, 0.717) is 0 Å². The fourth-order valence-corrected chi connectivity index (χ4v) is 2.54. The Balaban J connectivity index is 1.64. The first kappa shape index (κ1) is 16.9. The Morgan fingerprint density at radius 2 is 1.88 bits per heavy atom. The van der Waals surface area contributed by atoms with Crippen LogP contribution in [0.25, 0.3) is 5.69 Å². The van der Waals surface area contributed by atoms with Crippen LogP contribution in [0.4, 0.5) is 0 Å². The van der Waals surface area contributed by atoms with Crippen molar-refractivity contribution in [1.29, 1.82) is 0 Å². The highest BCUT2D eigenvalue weighted by Crippen LogP contribution is 2.16. The number of aromatic nitrogens is 3. The summed E-state index contributed by atoms with van der Waals surface area (Å²) in [6.07, 6.45) is 0.803. The molecule has 0 saturated heterocycles. The van der Waals surface area contributed by atoms with Gasteiger partial charge in [0.05, 0.1) is 18.0 Å². The zero-order valence-corrected chi connectivity index (χ0v) is 14.2. The average Bonchev–Trinajstić information content (AvgIpc) is 3.10. The second-order valence-corrected chi connectivity index (χ2v) is 5.97. The number of rotatable bonds is 5. The van der Waals surface area contributed by atoms with Gasteiger partial charge in [-0.1, -0.05) is 47.2 Å². The third-order valence-electron chi connectivity index (χ3n) is 4.03. The number of amides is 1. The molecule has 3 aromatic rings. The van der Waals surface area contributed by atoms with Crippen molar-refractivity contribution in [1.82, 2.24) is 20.3 Å². The molecular weight excluding hydrogens is 316 g/mol. The van der Waals surface area contributed by atoms with Crippen molar-refractivity contribution in [3.05, 3.63) is 77.1 Å². The summed E-state index contributed by atoms with van der Waals surface area (Å²) in [4.78, 5) is 12.2. The quantitative estimate of drug-likeness (QED) is 0.749. The zero-order valence-electron chi connectivity index (χ0n) is 14.2. The molecule has 6 nitrogen and oxygen atoms in total. The van der Waals surface area contributed by atoms with Crippen molar-refractivity contribution in [3.8, 4) is 5.69 Å². The van der Waals surface area contributed by atoms with Crippen LogP contribution in [0.3, 0.4) is 0 Å². The van der Waals surface area contributed by atoms with Crippen LogP contribution in [0.2, 0.25) is 0 Å². The lowest BCUT2D eigenvalue weighted by molar-refractivity contribution is 0.0911. The molecule has 6 heteroatoms. The molecule has 1 unspecified atom stereocenters. The maximum Gasteiger partial charge on any atom is 0.273 e. The highest BCUT2D eigenvalue weighted by molar-refractivity contribution is 5.91. The molecule has 3 rings (SSSR count). The number of aryl methyl sites for hydroxylation is 2. The number of aliphatic hydroxyl groups excluding tert-OH is 1. The standard InChI is InChI=1S/C19H20N4O2/c1-13-7-9-15(10-8-13)23-12-17(21-22-23)19(25)20-11-18(24)16-6-4-3-5-14(16)2/h3-10,12,18,24H,11H2,1-2H3,(H,20,25). The molecule has 0 aliphatic heterocycles. The molecule has 1 aromatic heterocycles. The fourth-order valence-electron chi connectivity index (χ4n) is 2.54. The predicted molar refractivity (Wildman–Crippen MR) is 94.6 cm³/mol. The van der Waals surface area contributed by atoms with E-state index in [2.05, 4.69) is 15.6 Å². The topological polar surface area (TPSA) is 80.0 Å². The van der Waals surface area contributed by atoms with Gasteiger partial charge in [0, 0.05) is 6.54 Å². The van der Waals surface area contributed by atoms with Crippen molar-refractivity contribution in [2.45, 2.75) is 20.0 Å². The van der Waals surface area contributed by atoms with E-state index in [9.17, 15) is 9.90 Å². The van der Waals surface area contributed by atoms with Crippen LogP contribution in [0.5, 0.6) is 0 Å². The highest BCUT2D eigenvalue weighted by atomic mass is 16.3. The molecule has 1 heterocycles. The van der Waals surface area contributed by atoms with Gasteiger partial charge in [0.25, 0.3) is 5.91 Å². The Morgan fingerprint density at radius 3 is 2.60 bits per heavy atom. The molecule has 0 aliphatic rings. The summed E-state index contributed by atoms with van der Waals surface area (Å²) >= 11 is 0. The predicted octanol–water partition coefficient (Wildman–Crippen LogP) is 2.35. The smallest absolute Gasteiger partial charge is 0.273 e. The molecule has 2 N–H and O–H groups in total. The molecule has 1 amide bonds. The Kier molecular flexibility index (Phi) is 4.90. The zero-order chi connectivity index (χ0) is 17.8. The molecule has 25 heavy (non-hydrogen) atoms. The van der Waals surface area contributed by atoms with E-state index in [1.165, 1.54) is 0 Å². The van der Waals surface area contributed by atoms with Crippen LogP contribution in [0.15, 0.2) is 54.7 Å². The number of nitrogens with zero attached hydrogens (tertiary/aromatic N) is 3. The third kappa shape index (κ3) is 3.92. The minimum absolute atomic E-state index is 0.112. The summed E-state index contributed by atoms with van der Waals surface area (Å²) in [5.74, 6) is -0.369. The first-order valence-corrected chi connectivity index (χ1v) is 8.06. The second-order valence-electron chi connectivity index (χ2n) is 5.97. The summed E-state index contributed by atoms with van der Waals surface area (Å²) in [5.41, 5.74) is 3.96. The Morgan fingerprint density at radius 1 is 1.16 bits per heavy atom. The molecule has 2 aromatic carbocycles. The summed E-state index contributed by atoms with van der Waals surface area (Å²) < 4.78 is 1.55. The van der Waals surface area contributed by atoms with Crippen molar-refractivity contribution in [2.75, 3.05) is 6.54 Å². The summed E-state index contributed by atoms with van der Waals surface area (Å²) in [7, 11) is 0. The second kappa shape index (κ2) is 7.27. The van der Waals surface area contributed by atoms with Gasteiger partial charge in [-0.25, -0.2) is 4.68 Å². The lowest BCUT2D eigenvalue weighted by Crippen LogP contribution is -2.28. The van der Waals surface area contributed by atoms with Gasteiger partial charge in [-0.3, -0.25) is 4.79 Å². The van der Waals surface area contributed by atoms with Crippen LogP contribution >= 0.6 is 0 Å². The largest absolute Gasteiger partial charge is 0.387 e. The van der Waals surface area contributed by atoms with E-state index in [-0.39, 0.29) is 18.1 Å². The van der Waals surface area contributed by atoms with E-state index in [1.807, 2.05) is 62.4 Å². The number of hydrogen-bond donors (Lipinski definition) is 2. The molecule has 0 spiro atoms. The third-order valence-corrected chi connectivity index (χ3v) is 4.03. The number of nitrogens with one attached hydrogen (secondary N) is 1. The van der Waals surface area contributed by atoms with Gasteiger partial charge in [-0.15, -0.1) is 5.10 Å². The van der Waals surface area contributed by atoms with Crippen LogP contribution < -0.4 is 5.32 Å². The number of aliphatic hydroxyl groups is 1. The molecule has 128 valence electrons. The first-order valence-electron chi connectivity index (χ1n) is 8.06. The van der Waals surface area contributed by atoms with Gasteiger partial charge < -0.3 is 10.4 Å². The van der Waals surface area contributed by atoms with Crippen LogP contribution in [-0.4, -0.2) is 32.6 Å². The van der Waals surface area contributed by atoms with Crippen LogP contribution in [0.1, 0.15) is 33.3 Å². The molecule has 1 atom stereocenters. The van der Waals surface area contributed by atoms with Gasteiger partial charge in [-0.2, -0.15) is 0 Å². The molecule has 0 fully saturated rings. The van der Waals surface area contributed by atoms with Gasteiger partial charge in [0.15, 0.2) is 5.69 Å². The van der Waals surface area contributed by atoms with E-state index in [1.54, 1.807) is 10.9 Å². The summed E-state index contributed by atoms with van der Waals surface area (Å²) in [6.45, 7) is 4.04. The van der Waals surface area contributed by atoms with Gasteiger partial charge in [-0.05, 0) is 37.1 Å². The van der Waals surface area contributed by atoms with E-state index in [0.717, 1.165) is 22.4 Å². The highest BCUT2D eigenvalue weighted by Gasteiger charge is 2.15. The number of carbonyl (C=O) groups excluding carboxylic acids is 1. The minimum atomic E-state index is -0.766. The van der Waals surface area contributed by atoms with Crippen LogP contribution in [0, 0.1) is 13.8 Å². The summed E-state index contributed by atoms with van der Waals surface area (Å²) in [6, 6.07) is 15.3. The van der Waals surface area contributed by atoms with Crippen molar-refractivity contribution < 1.29 is 9.90 Å². The van der Waals surface area contributed by atoms with Gasteiger partial charge in [0.1, 0.15) is 0 Å². The number of carbonyl (C=O) groups is 1. The Bertz CT molecular complexity index is 871. The minimum Gasteiger partial charge on any atom is -0.387 e. The van der Waals surface area contributed by atoms with E-state index >= 15 is 0 Å². The molecule has 0 saturated carbocycles. The van der Waals surface area contributed by atoms with E-state index < -0.39 is 6.10 Å². The van der Waals surface area contributed by atoms with Crippen molar-refractivity contribution >= 4 is 5.91 Å². The first-order chi connectivity index (χ1) is 12.0. The SMILES string of the molecule is Cc1ccc(-n2cc(C(=O)NCC(O)c3ccccc3C)nn2)cc1. The molecule has 0 bridgehead atoms. The Labute approximate surface area is 146 Å². The van der Waals surface area contributed by atoms with Crippen molar-refractivity contribution in [3.63, 3.8) is 0 Å². The molecular formula is C19H20N4O2. The van der Waals surface area contributed by atoms with E-state index in [4.69, 9.17) is 0 Å². The number of benzene rings is 2. The maximum absolute atomic E-state index is 12.2. The molecule has 0 radical (unpaired) electrons. The Hall–Kier alpha value is -2.99. The molecule has 0 aliphatic carbocycles. The van der Waals surface area contributed by atoms with Crippen LogP contribution in [-0.2, 0) is 0 Å². The summed E-state index contributed by atoms with van der Waals surface area (Å²) in [5, 5.41) is 20.8. The normalized spacial score (nSPS) is 12.0. The average molecular weight is 336 g/mol. The lowest BCUT2D eigenvalue weighted by atomic mass is 10.0. The number of hydrogen-bond acceptors (Lipinski definition) is 4. The van der Waals surface area contributed by atoms with Gasteiger partial charge in [0.2, 0.25) is 0 Å². The fraction of sp³-hybridized carbons (Fsp3) is 0.211. The maximum atomic E-state index is 12.2. The van der Waals surface area contributed by atoms with Gasteiger partial charge >= 0.3 is 0 Å².